The Bertz CT molecular complexity index is 740. The molecule has 1 aliphatic heterocycles. The maximum Gasteiger partial charge on any atom is 0.161 e. The third-order valence-corrected chi connectivity index (χ3v) is 5.41. The highest BCUT2D eigenvalue weighted by atomic mass is 16.5. The second-order valence-corrected chi connectivity index (χ2v) is 6.67. The van der Waals surface area contributed by atoms with Crippen LogP contribution in [0.4, 0.5) is 0 Å². The summed E-state index contributed by atoms with van der Waals surface area (Å²) in [7, 11) is 3.41. The maximum absolute atomic E-state index is 5.55. The lowest BCUT2D eigenvalue weighted by Gasteiger charge is -2.43. The van der Waals surface area contributed by atoms with E-state index in [1.54, 1.807) is 14.2 Å². The molecule has 0 bridgehead atoms. The number of nitrogens with one attached hydrogen (secondary N) is 1. The van der Waals surface area contributed by atoms with Crippen molar-refractivity contribution >= 4 is 0 Å². The molecule has 3 atom stereocenters. The van der Waals surface area contributed by atoms with Gasteiger partial charge in [0.1, 0.15) is 0 Å². The van der Waals surface area contributed by atoms with Gasteiger partial charge in [0.15, 0.2) is 11.5 Å². The van der Waals surface area contributed by atoms with Gasteiger partial charge in [-0.15, -0.1) is 0 Å². The Morgan fingerprint density at radius 1 is 0.957 bits per heavy atom. The normalized spacial score (nSPS) is 25.1. The predicted octanol–water partition coefficient (Wildman–Crippen LogP) is 3.50. The standard InChI is InChI=1S/C20H23NO2/c1-12-8-14-9-17(22-2)18(23-3)10-16(14)19-15-7-5-4-6-13(15)11-21-20(12)19/h4-7,9-10,12,19-21H,8,11H2,1-3H3/t12-,19+,20+/m0/s1. The molecular formula is C20H23NO2. The van der Waals surface area contributed by atoms with Crippen molar-refractivity contribution in [1.29, 1.82) is 0 Å². The number of hydrogen-bond donors (Lipinski definition) is 1. The molecule has 0 radical (unpaired) electrons. The van der Waals surface area contributed by atoms with Crippen molar-refractivity contribution in [2.45, 2.75) is 31.8 Å². The van der Waals surface area contributed by atoms with Crippen LogP contribution in [-0.2, 0) is 13.0 Å². The first-order chi connectivity index (χ1) is 11.2. The Morgan fingerprint density at radius 3 is 2.48 bits per heavy atom. The van der Waals surface area contributed by atoms with Crippen LogP contribution in [-0.4, -0.2) is 20.3 Å². The Hall–Kier alpha value is -2.00. The fourth-order valence-corrected chi connectivity index (χ4v) is 4.31. The molecule has 0 saturated heterocycles. The van der Waals surface area contributed by atoms with Crippen molar-refractivity contribution in [2.75, 3.05) is 14.2 Å². The third kappa shape index (κ3) is 2.22. The van der Waals surface area contributed by atoms with E-state index in [1.165, 1.54) is 22.3 Å². The van der Waals surface area contributed by atoms with Crippen LogP contribution < -0.4 is 14.8 Å². The molecule has 120 valence electrons. The van der Waals surface area contributed by atoms with E-state index in [-0.39, 0.29) is 0 Å². The Morgan fingerprint density at radius 2 is 1.70 bits per heavy atom. The van der Waals surface area contributed by atoms with Gasteiger partial charge in [-0.05, 0) is 46.7 Å². The van der Waals surface area contributed by atoms with Crippen LogP contribution in [0.15, 0.2) is 36.4 Å². The molecule has 1 aliphatic carbocycles. The van der Waals surface area contributed by atoms with Crippen LogP contribution in [0, 0.1) is 5.92 Å². The summed E-state index contributed by atoms with van der Waals surface area (Å²) in [5.74, 6) is 2.63. The minimum Gasteiger partial charge on any atom is -0.493 e. The van der Waals surface area contributed by atoms with Gasteiger partial charge in [-0.2, -0.15) is 0 Å². The number of fused-ring (bicyclic) bond motifs is 5. The highest BCUT2D eigenvalue weighted by molar-refractivity contribution is 5.54. The summed E-state index contributed by atoms with van der Waals surface area (Å²) in [6.45, 7) is 3.31. The molecule has 3 nitrogen and oxygen atoms in total. The van der Waals surface area contributed by atoms with Gasteiger partial charge in [0.2, 0.25) is 0 Å². The Balaban J connectivity index is 1.91. The molecular weight excluding hydrogens is 286 g/mol. The SMILES string of the molecule is COc1cc2c(cc1OC)[C@H]1c3ccccc3CN[C@@H]1[C@@H](C)C2. The van der Waals surface area contributed by atoms with E-state index in [0.29, 0.717) is 17.9 Å². The number of benzene rings is 2. The van der Waals surface area contributed by atoms with Crippen LogP contribution >= 0.6 is 0 Å². The van der Waals surface area contributed by atoms with Crippen molar-refractivity contribution in [3.8, 4) is 11.5 Å². The highest BCUT2D eigenvalue weighted by Gasteiger charge is 2.39. The van der Waals surface area contributed by atoms with Gasteiger partial charge in [0.25, 0.3) is 0 Å². The van der Waals surface area contributed by atoms with E-state index in [2.05, 4.69) is 48.6 Å². The Kier molecular flexibility index (Phi) is 3.53. The van der Waals surface area contributed by atoms with Gasteiger partial charge >= 0.3 is 0 Å². The zero-order chi connectivity index (χ0) is 16.0. The smallest absolute Gasteiger partial charge is 0.161 e. The fourth-order valence-electron chi connectivity index (χ4n) is 4.31. The second-order valence-electron chi connectivity index (χ2n) is 6.67. The molecule has 0 spiro atoms. The lowest BCUT2D eigenvalue weighted by atomic mass is 9.68. The largest absolute Gasteiger partial charge is 0.493 e. The van der Waals surface area contributed by atoms with E-state index < -0.39 is 0 Å². The first-order valence-corrected chi connectivity index (χ1v) is 8.29. The van der Waals surface area contributed by atoms with Gasteiger partial charge in [-0.1, -0.05) is 31.2 Å². The molecule has 2 aromatic rings. The zero-order valence-corrected chi connectivity index (χ0v) is 13.9. The quantitative estimate of drug-likeness (QED) is 0.921. The van der Waals surface area contributed by atoms with Crippen LogP contribution in [0.2, 0.25) is 0 Å². The van der Waals surface area contributed by atoms with Gasteiger partial charge in [-0.25, -0.2) is 0 Å². The number of methoxy groups -OCH3 is 2. The number of ether oxygens (including phenoxy) is 2. The summed E-state index contributed by atoms with van der Waals surface area (Å²) in [6.07, 6.45) is 1.08. The number of rotatable bonds is 2. The lowest BCUT2D eigenvalue weighted by Crippen LogP contribution is -2.47. The molecule has 4 rings (SSSR count). The average Bonchev–Trinajstić information content (AvgIpc) is 2.60. The summed E-state index contributed by atoms with van der Waals surface area (Å²) < 4.78 is 11.1. The fraction of sp³-hybridized carbons (Fsp3) is 0.400. The highest BCUT2D eigenvalue weighted by Crippen LogP contribution is 2.46. The van der Waals surface area contributed by atoms with Gasteiger partial charge in [-0.3, -0.25) is 0 Å². The zero-order valence-electron chi connectivity index (χ0n) is 13.9. The Labute approximate surface area is 137 Å². The molecule has 2 aliphatic rings. The van der Waals surface area contributed by atoms with E-state index in [9.17, 15) is 0 Å². The maximum atomic E-state index is 5.55. The predicted molar refractivity (Wildman–Crippen MR) is 91.3 cm³/mol. The first kappa shape index (κ1) is 14.6. The molecule has 1 N–H and O–H groups in total. The van der Waals surface area contributed by atoms with Crippen molar-refractivity contribution in [3.63, 3.8) is 0 Å². The van der Waals surface area contributed by atoms with Gasteiger partial charge < -0.3 is 14.8 Å². The van der Waals surface area contributed by atoms with Crippen molar-refractivity contribution in [2.24, 2.45) is 5.92 Å². The second kappa shape index (κ2) is 5.57. The molecule has 3 heteroatoms. The van der Waals surface area contributed by atoms with Crippen LogP contribution in [0.5, 0.6) is 11.5 Å². The first-order valence-electron chi connectivity index (χ1n) is 8.29. The lowest BCUT2D eigenvalue weighted by molar-refractivity contribution is 0.302. The summed E-state index contributed by atoms with van der Waals surface area (Å²) >= 11 is 0. The minimum absolute atomic E-state index is 0.388. The third-order valence-electron chi connectivity index (χ3n) is 5.41. The van der Waals surface area contributed by atoms with E-state index in [0.717, 1.165) is 24.5 Å². The van der Waals surface area contributed by atoms with Crippen molar-refractivity contribution in [1.82, 2.24) is 5.32 Å². The van der Waals surface area contributed by atoms with Crippen molar-refractivity contribution < 1.29 is 9.47 Å². The minimum atomic E-state index is 0.388. The van der Waals surface area contributed by atoms with Crippen LogP contribution in [0.25, 0.3) is 0 Å². The molecule has 0 fully saturated rings. The van der Waals surface area contributed by atoms with Crippen LogP contribution in [0.3, 0.4) is 0 Å². The monoisotopic (exact) mass is 309 g/mol. The molecule has 0 saturated carbocycles. The molecule has 0 aromatic heterocycles. The van der Waals surface area contributed by atoms with E-state index >= 15 is 0 Å². The molecule has 2 aromatic carbocycles. The average molecular weight is 309 g/mol. The summed E-state index contributed by atoms with van der Waals surface area (Å²) in [4.78, 5) is 0. The molecule has 0 unspecified atom stereocenters. The van der Waals surface area contributed by atoms with E-state index in [4.69, 9.17) is 9.47 Å². The van der Waals surface area contributed by atoms with E-state index in [1.807, 2.05) is 0 Å². The van der Waals surface area contributed by atoms with Gasteiger partial charge in [0.05, 0.1) is 14.2 Å². The number of hydrogen-bond acceptors (Lipinski definition) is 3. The van der Waals surface area contributed by atoms with Gasteiger partial charge in [0, 0.05) is 18.5 Å². The van der Waals surface area contributed by atoms with Crippen LogP contribution in [0.1, 0.15) is 35.1 Å². The molecule has 0 amide bonds. The van der Waals surface area contributed by atoms with Crippen molar-refractivity contribution in [3.05, 3.63) is 58.7 Å². The summed E-state index contributed by atoms with van der Waals surface area (Å²) in [5.41, 5.74) is 5.63. The molecule has 1 heterocycles. The summed E-state index contributed by atoms with van der Waals surface area (Å²) in [5, 5.41) is 3.76. The molecule has 23 heavy (non-hydrogen) atoms. The topological polar surface area (TPSA) is 30.5 Å². The summed E-state index contributed by atoms with van der Waals surface area (Å²) in [6, 6.07) is 13.6.